The van der Waals surface area contributed by atoms with Crippen molar-refractivity contribution in [2.24, 2.45) is 5.92 Å². The standard InChI is InChI=1S/C9H10N2O3S/c12-8(7-3-10-4-15-7)11-6-1-5(2-6)9(13)14/h3-6H,1-2H2,(H,11,12)(H,13,14). The molecule has 1 heterocycles. The van der Waals surface area contributed by atoms with Crippen molar-refractivity contribution in [2.45, 2.75) is 18.9 Å². The van der Waals surface area contributed by atoms with Crippen LogP contribution in [0.5, 0.6) is 0 Å². The number of amides is 1. The van der Waals surface area contributed by atoms with Gasteiger partial charge in [-0.2, -0.15) is 0 Å². The Morgan fingerprint density at radius 1 is 1.53 bits per heavy atom. The number of hydrogen-bond donors (Lipinski definition) is 2. The molecule has 15 heavy (non-hydrogen) atoms. The van der Waals surface area contributed by atoms with Crippen molar-refractivity contribution in [2.75, 3.05) is 0 Å². The summed E-state index contributed by atoms with van der Waals surface area (Å²) in [6, 6.07) is 0.000648. The largest absolute Gasteiger partial charge is 0.481 e. The maximum atomic E-state index is 11.5. The number of aromatic nitrogens is 1. The number of aliphatic carboxylic acids is 1. The molecule has 0 radical (unpaired) electrons. The van der Waals surface area contributed by atoms with Crippen LogP contribution >= 0.6 is 11.3 Å². The molecular formula is C9H10N2O3S. The molecule has 2 N–H and O–H groups in total. The van der Waals surface area contributed by atoms with Gasteiger partial charge < -0.3 is 10.4 Å². The monoisotopic (exact) mass is 226 g/mol. The molecule has 0 saturated heterocycles. The van der Waals surface area contributed by atoms with Crippen LogP contribution in [0.25, 0.3) is 0 Å². The number of carbonyl (C=O) groups is 2. The predicted molar refractivity (Wildman–Crippen MR) is 53.7 cm³/mol. The third-order valence-electron chi connectivity index (χ3n) is 2.48. The highest BCUT2D eigenvalue weighted by Crippen LogP contribution is 2.27. The van der Waals surface area contributed by atoms with E-state index in [-0.39, 0.29) is 17.9 Å². The smallest absolute Gasteiger partial charge is 0.306 e. The van der Waals surface area contributed by atoms with Gasteiger partial charge in [-0.25, -0.2) is 0 Å². The van der Waals surface area contributed by atoms with Crippen molar-refractivity contribution in [1.82, 2.24) is 10.3 Å². The van der Waals surface area contributed by atoms with Crippen LogP contribution in [0.3, 0.4) is 0 Å². The number of carboxylic acids is 1. The zero-order chi connectivity index (χ0) is 10.8. The van der Waals surface area contributed by atoms with Gasteiger partial charge in [0.1, 0.15) is 4.88 Å². The Morgan fingerprint density at radius 2 is 2.27 bits per heavy atom. The molecule has 0 unspecified atom stereocenters. The number of carboxylic acid groups (broad SMARTS) is 1. The Morgan fingerprint density at radius 3 is 2.80 bits per heavy atom. The Hall–Kier alpha value is -1.43. The third kappa shape index (κ3) is 2.15. The fourth-order valence-corrected chi connectivity index (χ4v) is 2.04. The molecule has 6 heteroatoms. The van der Waals surface area contributed by atoms with E-state index in [0.717, 1.165) is 0 Å². The van der Waals surface area contributed by atoms with Gasteiger partial charge in [0.15, 0.2) is 0 Å². The summed E-state index contributed by atoms with van der Waals surface area (Å²) < 4.78 is 0. The van der Waals surface area contributed by atoms with Crippen molar-refractivity contribution in [3.8, 4) is 0 Å². The Balaban J connectivity index is 1.81. The van der Waals surface area contributed by atoms with Crippen LogP contribution in [0.2, 0.25) is 0 Å². The normalized spacial score (nSPS) is 24.3. The summed E-state index contributed by atoms with van der Waals surface area (Å²) in [5.41, 5.74) is 1.59. The molecule has 1 fully saturated rings. The van der Waals surface area contributed by atoms with Crippen LogP contribution in [-0.2, 0) is 4.79 Å². The fourth-order valence-electron chi connectivity index (χ4n) is 1.52. The van der Waals surface area contributed by atoms with E-state index in [2.05, 4.69) is 10.3 Å². The molecule has 1 aliphatic carbocycles. The van der Waals surface area contributed by atoms with Gasteiger partial charge in [0.2, 0.25) is 0 Å². The van der Waals surface area contributed by atoms with Crippen LogP contribution in [0.15, 0.2) is 11.7 Å². The molecule has 0 spiro atoms. The molecule has 0 aliphatic heterocycles. The van der Waals surface area contributed by atoms with E-state index < -0.39 is 5.97 Å². The molecule has 1 saturated carbocycles. The van der Waals surface area contributed by atoms with Crippen LogP contribution in [0.4, 0.5) is 0 Å². The Kier molecular flexibility index (Phi) is 2.68. The van der Waals surface area contributed by atoms with Crippen LogP contribution in [0, 0.1) is 5.92 Å². The first-order valence-corrected chi connectivity index (χ1v) is 5.47. The third-order valence-corrected chi connectivity index (χ3v) is 3.25. The minimum absolute atomic E-state index is 0.000648. The lowest BCUT2D eigenvalue weighted by atomic mass is 9.80. The van der Waals surface area contributed by atoms with E-state index in [1.54, 1.807) is 5.51 Å². The second-order valence-corrected chi connectivity index (χ2v) is 4.43. The molecular weight excluding hydrogens is 216 g/mol. The van der Waals surface area contributed by atoms with Gasteiger partial charge in [-0.3, -0.25) is 14.6 Å². The summed E-state index contributed by atoms with van der Waals surface area (Å²) in [6.07, 6.45) is 2.56. The number of hydrogen-bond acceptors (Lipinski definition) is 4. The van der Waals surface area contributed by atoms with Crippen molar-refractivity contribution in [1.29, 1.82) is 0 Å². The second-order valence-electron chi connectivity index (χ2n) is 3.54. The second kappa shape index (κ2) is 3.98. The van der Waals surface area contributed by atoms with Gasteiger partial charge in [0, 0.05) is 6.04 Å². The first kappa shape index (κ1) is 10.1. The molecule has 2 rings (SSSR count). The number of rotatable bonds is 3. The summed E-state index contributed by atoms with van der Waals surface area (Å²) in [7, 11) is 0. The number of nitrogens with zero attached hydrogens (tertiary/aromatic N) is 1. The highest BCUT2D eigenvalue weighted by molar-refractivity contribution is 7.11. The molecule has 0 bridgehead atoms. The van der Waals surface area contributed by atoms with E-state index in [1.807, 2.05) is 0 Å². The van der Waals surface area contributed by atoms with Crippen LogP contribution < -0.4 is 5.32 Å². The first-order chi connectivity index (χ1) is 7.16. The maximum absolute atomic E-state index is 11.5. The highest BCUT2D eigenvalue weighted by Gasteiger charge is 2.35. The molecule has 0 atom stereocenters. The topological polar surface area (TPSA) is 79.3 Å². The molecule has 0 aromatic carbocycles. The lowest BCUT2D eigenvalue weighted by molar-refractivity contribution is -0.145. The molecule has 5 nitrogen and oxygen atoms in total. The van der Waals surface area contributed by atoms with E-state index in [9.17, 15) is 9.59 Å². The summed E-state index contributed by atoms with van der Waals surface area (Å²) in [6.45, 7) is 0. The SMILES string of the molecule is O=C(NC1CC(C(=O)O)C1)c1cncs1. The molecule has 80 valence electrons. The summed E-state index contributed by atoms with van der Waals surface area (Å²) >= 11 is 1.28. The van der Waals surface area contributed by atoms with Crippen molar-refractivity contribution in [3.05, 3.63) is 16.6 Å². The van der Waals surface area contributed by atoms with Gasteiger partial charge in [-0.05, 0) is 12.8 Å². The average Bonchev–Trinajstić information content (AvgIpc) is 2.61. The van der Waals surface area contributed by atoms with E-state index in [0.29, 0.717) is 17.7 Å². The van der Waals surface area contributed by atoms with Crippen LogP contribution in [-0.4, -0.2) is 28.0 Å². The Labute approximate surface area is 90.1 Å². The minimum Gasteiger partial charge on any atom is -0.481 e. The lowest BCUT2D eigenvalue weighted by Crippen LogP contribution is -2.46. The zero-order valence-corrected chi connectivity index (χ0v) is 8.66. The van der Waals surface area contributed by atoms with Crippen molar-refractivity contribution < 1.29 is 14.7 Å². The zero-order valence-electron chi connectivity index (χ0n) is 7.84. The van der Waals surface area contributed by atoms with E-state index in [4.69, 9.17) is 5.11 Å². The molecule has 1 aliphatic rings. The molecule has 1 aromatic heterocycles. The summed E-state index contributed by atoms with van der Waals surface area (Å²) in [5.74, 6) is -1.23. The van der Waals surface area contributed by atoms with Crippen LogP contribution in [0.1, 0.15) is 22.5 Å². The van der Waals surface area contributed by atoms with Gasteiger partial charge in [-0.1, -0.05) is 0 Å². The first-order valence-electron chi connectivity index (χ1n) is 4.59. The van der Waals surface area contributed by atoms with Crippen molar-refractivity contribution in [3.63, 3.8) is 0 Å². The van der Waals surface area contributed by atoms with Gasteiger partial charge in [-0.15, -0.1) is 11.3 Å². The van der Waals surface area contributed by atoms with Gasteiger partial charge >= 0.3 is 5.97 Å². The minimum atomic E-state index is -0.779. The van der Waals surface area contributed by atoms with E-state index >= 15 is 0 Å². The molecule has 1 amide bonds. The molecule has 1 aromatic rings. The maximum Gasteiger partial charge on any atom is 0.306 e. The number of thiazole rings is 1. The Bertz CT molecular complexity index is 371. The van der Waals surface area contributed by atoms with Gasteiger partial charge in [0.05, 0.1) is 17.6 Å². The number of nitrogens with one attached hydrogen (secondary N) is 1. The lowest BCUT2D eigenvalue weighted by Gasteiger charge is -2.32. The summed E-state index contributed by atoms with van der Waals surface area (Å²) in [4.78, 5) is 26.4. The summed E-state index contributed by atoms with van der Waals surface area (Å²) in [5, 5.41) is 11.4. The van der Waals surface area contributed by atoms with Crippen molar-refractivity contribution >= 4 is 23.2 Å². The fraction of sp³-hybridized carbons (Fsp3) is 0.444. The van der Waals surface area contributed by atoms with Gasteiger partial charge in [0.25, 0.3) is 5.91 Å². The predicted octanol–water partition coefficient (Wildman–Crippen LogP) is 0.736. The van der Waals surface area contributed by atoms with E-state index in [1.165, 1.54) is 17.5 Å². The number of carbonyl (C=O) groups excluding carboxylic acids is 1. The quantitative estimate of drug-likeness (QED) is 0.796. The highest BCUT2D eigenvalue weighted by atomic mass is 32.1. The average molecular weight is 226 g/mol.